The zero-order valence-electron chi connectivity index (χ0n) is 12.1. The molecule has 1 amide bonds. The number of benzene rings is 1. The summed E-state index contributed by atoms with van der Waals surface area (Å²) >= 11 is 0. The van der Waals surface area contributed by atoms with Crippen molar-refractivity contribution >= 4 is 5.91 Å². The van der Waals surface area contributed by atoms with Crippen LogP contribution in [0.1, 0.15) is 57.6 Å². The van der Waals surface area contributed by atoms with Crippen molar-refractivity contribution in [2.24, 2.45) is 11.8 Å². The molecule has 2 heteroatoms. The molecule has 0 aliphatic heterocycles. The Morgan fingerprint density at radius 1 is 1.32 bits per heavy atom. The Hall–Kier alpha value is -1.31. The fourth-order valence-electron chi connectivity index (χ4n) is 2.71. The minimum absolute atomic E-state index is 0.210. The van der Waals surface area contributed by atoms with Crippen LogP contribution in [-0.4, -0.2) is 5.91 Å². The third-order valence-corrected chi connectivity index (χ3v) is 3.88. The minimum atomic E-state index is 0.210. The van der Waals surface area contributed by atoms with E-state index in [2.05, 4.69) is 43.4 Å². The molecule has 1 aromatic rings. The minimum Gasteiger partial charge on any atom is -0.349 e. The van der Waals surface area contributed by atoms with Gasteiger partial charge in [-0.3, -0.25) is 4.79 Å². The van der Waals surface area contributed by atoms with Gasteiger partial charge in [0.15, 0.2) is 0 Å². The average Bonchev–Trinajstić information content (AvgIpc) is 3.21. The second-order valence-electron chi connectivity index (χ2n) is 5.89. The zero-order chi connectivity index (χ0) is 13.7. The zero-order valence-corrected chi connectivity index (χ0v) is 12.1. The van der Waals surface area contributed by atoms with Gasteiger partial charge in [0.2, 0.25) is 5.91 Å². The summed E-state index contributed by atoms with van der Waals surface area (Å²) < 4.78 is 0. The third-order valence-electron chi connectivity index (χ3n) is 3.88. The lowest BCUT2D eigenvalue weighted by molar-refractivity contribution is -0.122. The molecule has 2 nitrogen and oxygen atoms in total. The van der Waals surface area contributed by atoms with Gasteiger partial charge < -0.3 is 5.32 Å². The number of carbonyl (C=O) groups is 1. The van der Waals surface area contributed by atoms with Gasteiger partial charge in [-0.05, 0) is 30.2 Å². The molecule has 0 saturated heterocycles. The number of carbonyl (C=O) groups excluding carboxylic acids is 1. The Labute approximate surface area is 116 Å². The van der Waals surface area contributed by atoms with Crippen molar-refractivity contribution in [2.75, 3.05) is 0 Å². The maximum absolute atomic E-state index is 12.1. The molecule has 1 aromatic carbocycles. The lowest BCUT2D eigenvalue weighted by atomic mass is 9.99. The Morgan fingerprint density at radius 3 is 2.58 bits per heavy atom. The third kappa shape index (κ3) is 4.38. The SMILES string of the molecule is CCCC(C)CC(=O)NC(c1ccccc1)C1CC1. The summed E-state index contributed by atoms with van der Waals surface area (Å²) in [6.07, 6.45) is 5.42. The van der Waals surface area contributed by atoms with E-state index in [1.54, 1.807) is 0 Å². The van der Waals surface area contributed by atoms with E-state index in [9.17, 15) is 4.79 Å². The fourth-order valence-corrected chi connectivity index (χ4v) is 2.71. The normalized spacial score (nSPS) is 17.8. The number of hydrogen-bond acceptors (Lipinski definition) is 1. The molecule has 2 atom stereocenters. The van der Waals surface area contributed by atoms with Gasteiger partial charge in [0.05, 0.1) is 6.04 Å². The molecule has 1 aliphatic rings. The van der Waals surface area contributed by atoms with Crippen molar-refractivity contribution in [1.29, 1.82) is 0 Å². The number of amides is 1. The molecule has 2 unspecified atom stereocenters. The fraction of sp³-hybridized carbons (Fsp3) is 0.588. The highest BCUT2D eigenvalue weighted by atomic mass is 16.1. The first kappa shape index (κ1) is 14.1. The monoisotopic (exact) mass is 259 g/mol. The predicted molar refractivity (Wildman–Crippen MR) is 78.7 cm³/mol. The van der Waals surface area contributed by atoms with E-state index in [0.29, 0.717) is 18.3 Å². The van der Waals surface area contributed by atoms with Crippen LogP contribution >= 0.6 is 0 Å². The lowest BCUT2D eigenvalue weighted by Gasteiger charge is -2.20. The summed E-state index contributed by atoms with van der Waals surface area (Å²) in [7, 11) is 0. The molecule has 1 saturated carbocycles. The topological polar surface area (TPSA) is 29.1 Å². The number of hydrogen-bond donors (Lipinski definition) is 1. The smallest absolute Gasteiger partial charge is 0.220 e. The van der Waals surface area contributed by atoms with E-state index in [4.69, 9.17) is 0 Å². The van der Waals surface area contributed by atoms with Gasteiger partial charge in [-0.25, -0.2) is 0 Å². The van der Waals surface area contributed by atoms with Crippen LogP contribution in [-0.2, 0) is 4.79 Å². The average molecular weight is 259 g/mol. The molecule has 1 fully saturated rings. The maximum atomic E-state index is 12.1. The van der Waals surface area contributed by atoms with Crippen molar-refractivity contribution in [3.05, 3.63) is 35.9 Å². The molecule has 0 spiro atoms. The van der Waals surface area contributed by atoms with Crippen molar-refractivity contribution in [2.45, 2.75) is 52.0 Å². The van der Waals surface area contributed by atoms with Crippen molar-refractivity contribution in [1.82, 2.24) is 5.32 Å². The largest absolute Gasteiger partial charge is 0.349 e. The van der Waals surface area contributed by atoms with Crippen LogP contribution in [0.15, 0.2) is 30.3 Å². The van der Waals surface area contributed by atoms with E-state index >= 15 is 0 Å². The molecule has 1 N–H and O–H groups in total. The van der Waals surface area contributed by atoms with Crippen LogP contribution in [0.4, 0.5) is 0 Å². The van der Waals surface area contributed by atoms with Crippen LogP contribution in [0, 0.1) is 11.8 Å². The van der Waals surface area contributed by atoms with Crippen LogP contribution < -0.4 is 5.32 Å². The van der Waals surface area contributed by atoms with Crippen molar-refractivity contribution in [3.8, 4) is 0 Å². The molecule has 0 aromatic heterocycles. The Morgan fingerprint density at radius 2 is 2.00 bits per heavy atom. The van der Waals surface area contributed by atoms with Crippen molar-refractivity contribution in [3.63, 3.8) is 0 Å². The first-order chi connectivity index (χ1) is 9.20. The quantitative estimate of drug-likeness (QED) is 0.785. The van der Waals surface area contributed by atoms with E-state index in [0.717, 1.165) is 12.8 Å². The van der Waals surface area contributed by atoms with E-state index < -0.39 is 0 Å². The van der Waals surface area contributed by atoms with Gasteiger partial charge in [0, 0.05) is 6.42 Å². The van der Waals surface area contributed by atoms with Gasteiger partial charge in [0.1, 0.15) is 0 Å². The molecule has 0 bridgehead atoms. The Bertz CT molecular complexity index is 397. The summed E-state index contributed by atoms with van der Waals surface area (Å²) in [4.78, 5) is 12.1. The molecule has 104 valence electrons. The summed E-state index contributed by atoms with van der Waals surface area (Å²) in [5, 5.41) is 3.25. The highest BCUT2D eigenvalue weighted by Gasteiger charge is 2.33. The molecular weight excluding hydrogens is 234 g/mol. The van der Waals surface area contributed by atoms with Gasteiger partial charge in [-0.15, -0.1) is 0 Å². The summed E-state index contributed by atoms with van der Waals surface area (Å²) in [6, 6.07) is 10.6. The summed E-state index contributed by atoms with van der Waals surface area (Å²) in [6.45, 7) is 4.34. The molecule has 0 radical (unpaired) electrons. The maximum Gasteiger partial charge on any atom is 0.220 e. The van der Waals surface area contributed by atoms with Crippen LogP contribution in [0.2, 0.25) is 0 Å². The number of nitrogens with one attached hydrogen (secondary N) is 1. The summed E-state index contributed by atoms with van der Waals surface area (Å²) in [5.41, 5.74) is 1.25. The lowest BCUT2D eigenvalue weighted by Crippen LogP contribution is -2.30. The first-order valence-corrected chi connectivity index (χ1v) is 7.55. The predicted octanol–water partition coefficient (Wildman–Crippen LogP) is 4.08. The van der Waals surface area contributed by atoms with Gasteiger partial charge in [-0.2, -0.15) is 0 Å². The van der Waals surface area contributed by atoms with Gasteiger partial charge in [-0.1, -0.05) is 57.0 Å². The van der Waals surface area contributed by atoms with E-state index in [1.165, 1.54) is 18.4 Å². The van der Waals surface area contributed by atoms with E-state index in [-0.39, 0.29) is 11.9 Å². The molecule has 0 heterocycles. The van der Waals surface area contributed by atoms with Crippen LogP contribution in [0.3, 0.4) is 0 Å². The summed E-state index contributed by atoms with van der Waals surface area (Å²) in [5.74, 6) is 1.34. The standard InChI is InChI=1S/C17H25NO/c1-3-7-13(2)12-16(19)18-17(15-10-11-15)14-8-5-4-6-9-14/h4-6,8-9,13,15,17H,3,7,10-12H2,1-2H3,(H,18,19). The number of rotatable bonds is 7. The van der Waals surface area contributed by atoms with Gasteiger partial charge in [0.25, 0.3) is 0 Å². The molecular formula is C17H25NO. The molecule has 1 aliphatic carbocycles. The molecule has 19 heavy (non-hydrogen) atoms. The molecule has 2 rings (SSSR count). The van der Waals surface area contributed by atoms with E-state index in [1.807, 2.05) is 6.07 Å². The highest BCUT2D eigenvalue weighted by molar-refractivity contribution is 5.76. The highest BCUT2D eigenvalue weighted by Crippen LogP contribution is 2.41. The second kappa shape index (κ2) is 6.74. The first-order valence-electron chi connectivity index (χ1n) is 7.55. The second-order valence-corrected chi connectivity index (χ2v) is 5.89. The van der Waals surface area contributed by atoms with Crippen molar-refractivity contribution < 1.29 is 4.79 Å². The van der Waals surface area contributed by atoms with Crippen LogP contribution in [0.5, 0.6) is 0 Å². The Balaban J connectivity index is 1.92. The van der Waals surface area contributed by atoms with Gasteiger partial charge >= 0.3 is 0 Å². The van der Waals surface area contributed by atoms with Crippen LogP contribution in [0.25, 0.3) is 0 Å². The Kier molecular flexibility index (Phi) is 5.00.